The van der Waals surface area contributed by atoms with Gasteiger partial charge in [0.1, 0.15) is 5.76 Å². The Morgan fingerprint density at radius 1 is 0.633 bits per heavy atom. The number of rotatable bonds is 8. The van der Waals surface area contributed by atoms with Gasteiger partial charge in [0.25, 0.3) is 0 Å². The van der Waals surface area contributed by atoms with Crippen LogP contribution in [0.15, 0.2) is 175 Å². The van der Waals surface area contributed by atoms with Gasteiger partial charge >= 0.3 is 0 Å². The van der Waals surface area contributed by atoms with Crippen molar-refractivity contribution in [2.45, 2.75) is 42.2 Å². The number of benzene rings is 5. The molecule has 5 heteroatoms. The summed E-state index contributed by atoms with van der Waals surface area (Å²) < 4.78 is 20.3. The van der Waals surface area contributed by atoms with Crippen LogP contribution in [0.1, 0.15) is 52.5 Å². The van der Waals surface area contributed by atoms with Crippen molar-refractivity contribution in [3.63, 3.8) is 0 Å². The van der Waals surface area contributed by atoms with E-state index in [-0.39, 0.29) is 30.3 Å². The molecule has 0 N–H and O–H groups in total. The average Bonchev–Trinajstić information content (AvgIpc) is 3.46. The molecule has 3 unspecified atom stereocenters. The lowest BCUT2D eigenvalue weighted by atomic mass is 9.68. The standard InChI is InChI=1S/C44H36O5/c1-47-41-36(39(32-21-11-4-12-22-32)33-23-13-5-14-24-33)29-35(38(30-17-7-2-8-18-30)31-19-9-3-10-20-31)40(46)44(41)42-37(45)27-28-43(48-42,49-44)34-25-15-6-16-26-34/h2-26,29,38-39,42H,27-28H2,1H3. The van der Waals surface area contributed by atoms with E-state index in [1.165, 1.54) is 0 Å². The third-order valence-corrected chi connectivity index (χ3v) is 10.1. The minimum atomic E-state index is -1.86. The van der Waals surface area contributed by atoms with Crippen LogP contribution in [-0.4, -0.2) is 30.4 Å². The first-order valence-corrected chi connectivity index (χ1v) is 16.8. The molecule has 2 bridgehead atoms. The average molecular weight is 645 g/mol. The van der Waals surface area contributed by atoms with E-state index in [4.69, 9.17) is 14.2 Å². The third kappa shape index (κ3) is 5.09. The molecule has 2 saturated heterocycles. The fourth-order valence-electron chi connectivity index (χ4n) is 7.94. The van der Waals surface area contributed by atoms with Crippen LogP contribution < -0.4 is 0 Å². The molecule has 0 saturated carbocycles. The predicted molar refractivity (Wildman–Crippen MR) is 188 cm³/mol. The van der Waals surface area contributed by atoms with Crippen LogP contribution in [0, 0.1) is 0 Å². The van der Waals surface area contributed by atoms with Crippen LogP contribution in [0.3, 0.4) is 0 Å². The molecule has 2 fully saturated rings. The predicted octanol–water partition coefficient (Wildman–Crippen LogP) is 8.43. The summed E-state index contributed by atoms with van der Waals surface area (Å²) >= 11 is 0. The molecule has 5 nitrogen and oxygen atoms in total. The van der Waals surface area contributed by atoms with E-state index in [0.717, 1.165) is 33.4 Å². The Morgan fingerprint density at radius 3 is 1.55 bits per heavy atom. The summed E-state index contributed by atoms with van der Waals surface area (Å²) in [6, 6.07) is 50.1. The summed E-state index contributed by atoms with van der Waals surface area (Å²) in [5, 5.41) is 0. The van der Waals surface area contributed by atoms with Gasteiger partial charge < -0.3 is 14.2 Å². The quantitative estimate of drug-likeness (QED) is 0.170. The summed E-state index contributed by atoms with van der Waals surface area (Å²) in [6.07, 6.45) is 1.28. The molecule has 0 aromatic heterocycles. The number of hydrogen-bond acceptors (Lipinski definition) is 5. The summed E-state index contributed by atoms with van der Waals surface area (Å²) in [5.74, 6) is -2.33. The lowest BCUT2D eigenvalue weighted by Gasteiger charge is -2.40. The number of ether oxygens (including phenoxy) is 3. The molecule has 3 atom stereocenters. The molecule has 242 valence electrons. The Morgan fingerprint density at radius 2 is 1.08 bits per heavy atom. The second-order valence-electron chi connectivity index (χ2n) is 12.8. The lowest BCUT2D eigenvalue weighted by molar-refractivity contribution is -0.210. The van der Waals surface area contributed by atoms with Crippen molar-refractivity contribution in [2.75, 3.05) is 7.11 Å². The highest BCUT2D eigenvalue weighted by molar-refractivity contribution is 6.12. The van der Waals surface area contributed by atoms with Crippen molar-refractivity contribution < 1.29 is 23.8 Å². The summed E-state index contributed by atoms with van der Waals surface area (Å²) in [5.41, 5.74) is 4.09. The van der Waals surface area contributed by atoms with Crippen molar-refractivity contribution >= 4 is 11.6 Å². The number of allylic oxidation sites excluding steroid dienone is 2. The molecule has 8 rings (SSSR count). The Labute approximate surface area is 286 Å². The maximum absolute atomic E-state index is 15.7. The van der Waals surface area contributed by atoms with Gasteiger partial charge in [0, 0.05) is 41.4 Å². The van der Waals surface area contributed by atoms with Crippen LogP contribution in [0.2, 0.25) is 0 Å². The monoisotopic (exact) mass is 644 g/mol. The molecule has 3 aliphatic rings. The first kappa shape index (κ1) is 30.9. The van der Waals surface area contributed by atoms with Crippen molar-refractivity contribution in [1.82, 2.24) is 0 Å². The molecule has 5 aromatic rings. The second kappa shape index (κ2) is 12.6. The van der Waals surface area contributed by atoms with Crippen LogP contribution >= 0.6 is 0 Å². The van der Waals surface area contributed by atoms with Gasteiger partial charge in [-0.25, -0.2) is 0 Å². The Balaban J connectivity index is 1.45. The van der Waals surface area contributed by atoms with E-state index in [2.05, 4.69) is 24.3 Å². The van der Waals surface area contributed by atoms with E-state index < -0.39 is 23.4 Å². The molecular formula is C44H36O5. The van der Waals surface area contributed by atoms with Crippen LogP contribution in [0.5, 0.6) is 0 Å². The smallest absolute Gasteiger partial charge is 0.224 e. The highest BCUT2D eigenvalue weighted by Gasteiger charge is 2.70. The van der Waals surface area contributed by atoms with Gasteiger partial charge in [0.2, 0.25) is 11.4 Å². The van der Waals surface area contributed by atoms with Crippen molar-refractivity contribution in [1.29, 1.82) is 0 Å². The van der Waals surface area contributed by atoms with E-state index in [1.807, 2.05) is 133 Å². The molecule has 0 radical (unpaired) electrons. The number of Topliss-reactive ketones (excluding diaryl/α,β-unsaturated/α-hetero) is 2. The molecule has 1 aliphatic carbocycles. The molecule has 1 spiro atoms. The molecular weight excluding hydrogens is 608 g/mol. The maximum atomic E-state index is 15.7. The van der Waals surface area contributed by atoms with Gasteiger partial charge in [-0.3, -0.25) is 9.59 Å². The van der Waals surface area contributed by atoms with E-state index in [1.54, 1.807) is 7.11 Å². The van der Waals surface area contributed by atoms with Crippen LogP contribution in [-0.2, 0) is 29.6 Å². The maximum Gasteiger partial charge on any atom is 0.224 e. The van der Waals surface area contributed by atoms with E-state index in [0.29, 0.717) is 11.3 Å². The Bertz CT molecular complexity index is 1960. The fourth-order valence-corrected chi connectivity index (χ4v) is 7.94. The Kier molecular flexibility index (Phi) is 7.95. The first-order chi connectivity index (χ1) is 24.1. The van der Waals surface area contributed by atoms with Gasteiger partial charge in [0.15, 0.2) is 17.7 Å². The highest BCUT2D eigenvalue weighted by atomic mass is 16.8. The molecule has 2 aliphatic heterocycles. The number of ketones is 2. The van der Waals surface area contributed by atoms with Crippen LogP contribution in [0.25, 0.3) is 0 Å². The van der Waals surface area contributed by atoms with Crippen molar-refractivity contribution in [2.24, 2.45) is 0 Å². The summed E-state index contributed by atoms with van der Waals surface area (Å²) in [6.45, 7) is 0. The number of fused-ring (bicyclic) bond motifs is 3. The van der Waals surface area contributed by atoms with Crippen molar-refractivity contribution in [3.8, 4) is 0 Å². The minimum absolute atomic E-state index is 0.181. The normalized spacial score (nSPS) is 23.3. The highest BCUT2D eigenvalue weighted by Crippen LogP contribution is 2.58. The van der Waals surface area contributed by atoms with Gasteiger partial charge in [-0.05, 0) is 28.3 Å². The van der Waals surface area contributed by atoms with Gasteiger partial charge in [-0.2, -0.15) is 0 Å². The number of methoxy groups -OCH3 is 1. The zero-order valence-corrected chi connectivity index (χ0v) is 27.2. The molecule has 0 amide bonds. The molecule has 2 heterocycles. The van der Waals surface area contributed by atoms with E-state index >= 15 is 4.79 Å². The summed E-state index contributed by atoms with van der Waals surface area (Å²) in [7, 11) is 1.56. The third-order valence-electron chi connectivity index (χ3n) is 10.1. The largest absolute Gasteiger partial charge is 0.497 e. The topological polar surface area (TPSA) is 61.8 Å². The van der Waals surface area contributed by atoms with Crippen LogP contribution in [0.4, 0.5) is 0 Å². The SMILES string of the molecule is COC1=C(C(c2ccccc2)c2ccccc2)C=C(C(c2ccccc2)c2ccccc2)C(=O)C12OC1(c3ccccc3)CCC(=O)C2O1. The zero-order valence-electron chi connectivity index (χ0n) is 27.2. The summed E-state index contributed by atoms with van der Waals surface area (Å²) in [4.78, 5) is 29.8. The number of carbonyl (C=O) groups is 2. The number of carbonyl (C=O) groups excluding carboxylic acids is 2. The lowest BCUT2D eigenvalue weighted by Crippen LogP contribution is -2.55. The van der Waals surface area contributed by atoms with E-state index in [9.17, 15) is 4.79 Å². The second-order valence-corrected chi connectivity index (χ2v) is 12.8. The molecule has 49 heavy (non-hydrogen) atoms. The minimum Gasteiger partial charge on any atom is -0.497 e. The van der Waals surface area contributed by atoms with Crippen molar-refractivity contribution in [3.05, 3.63) is 202 Å². The van der Waals surface area contributed by atoms with Gasteiger partial charge in [-0.15, -0.1) is 0 Å². The van der Waals surface area contributed by atoms with Gasteiger partial charge in [0.05, 0.1) is 7.11 Å². The zero-order chi connectivity index (χ0) is 33.4. The first-order valence-electron chi connectivity index (χ1n) is 16.8. The number of hydrogen-bond donors (Lipinski definition) is 0. The fraction of sp³-hybridized carbons (Fsp3) is 0.182. The Hall–Kier alpha value is -5.36. The molecule has 5 aromatic carbocycles. The van der Waals surface area contributed by atoms with Gasteiger partial charge in [-0.1, -0.05) is 152 Å².